The number of carbonyl (C=O) groups is 1. The molecule has 1 aromatic rings. The molecule has 0 saturated carbocycles. The standard InChI is InChI=1S/C11H11F3OS/c1-7(15)3-8-4-9(11(12,13)14)6-10(5-8)16-2/h4-6H,3H2,1-2H3. The van der Waals surface area contributed by atoms with Gasteiger partial charge in [-0.1, -0.05) is 0 Å². The van der Waals surface area contributed by atoms with Crippen molar-refractivity contribution in [2.45, 2.75) is 24.4 Å². The summed E-state index contributed by atoms with van der Waals surface area (Å²) >= 11 is 1.23. The largest absolute Gasteiger partial charge is 0.416 e. The number of rotatable bonds is 3. The van der Waals surface area contributed by atoms with Crippen LogP contribution >= 0.6 is 11.8 Å². The highest BCUT2D eigenvalue weighted by molar-refractivity contribution is 7.98. The lowest BCUT2D eigenvalue weighted by Crippen LogP contribution is -2.07. The highest BCUT2D eigenvalue weighted by Gasteiger charge is 2.31. The van der Waals surface area contributed by atoms with E-state index in [1.165, 1.54) is 18.7 Å². The van der Waals surface area contributed by atoms with Crippen molar-refractivity contribution in [3.8, 4) is 0 Å². The summed E-state index contributed by atoms with van der Waals surface area (Å²) in [5.74, 6) is -0.147. The van der Waals surface area contributed by atoms with Gasteiger partial charge >= 0.3 is 6.18 Å². The molecule has 0 unspecified atom stereocenters. The summed E-state index contributed by atoms with van der Waals surface area (Å²) in [6.07, 6.45) is -2.62. The third-order valence-electron chi connectivity index (χ3n) is 1.98. The topological polar surface area (TPSA) is 17.1 Å². The lowest BCUT2D eigenvalue weighted by molar-refractivity contribution is -0.137. The molecule has 0 aliphatic carbocycles. The first-order valence-corrected chi connectivity index (χ1v) is 5.80. The van der Waals surface area contributed by atoms with Gasteiger partial charge in [-0.2, -0.15) is 13.2 Å². The Labute approximate surface area is 96.0 Å². The number of carbonyl (C=O) groups excluding carboxylic acids is 1. The van der Waals surface area contributed by atoms with Crippen molar-refractivity contribution in [3.05, 3.63) is 29.3 Å². The number of thioether (sulfide) groups is 1. The molecule has 16 heavy (non-hydrogen) atoms. The molecule has 0 fully saturated rings. The fraction of sp³-hybridized carbons (Fsp3) is 0.364. The van der Waals surface area contributed by atoms with Crippen LogP contribution in [-0.2, 0) is 17.4 Å². The first-order chi connectivity index (χ1) is 7.32. The second-order valence-electron chi connectivity index (χ2n) is 3.45. The SMILES string of the molecule is CSc1cc(CC(C)=O)cc(C(F)(F)F)c1. The number of ketones is 1. The van der Waals surface area contributed by atoms with Crippen molar-refractivity contribution >= 4 is 17.5 Å². The lowest BCUT2D eigenvalue weighted by atomic mass is 10.1. The molecule has 0 aliphatic rings. The smallest absolute Gasteiger partial charge is 0.300 e. The van der Waals surface area contributed by atoms with E-state index in [4.69, 9.17) is 0 Å². The average molecular weight is 248 g/mol. The Morgan fingerprint density at radius 1 is 1.31 bits per heavy atom. The number of alkyl halides is 3. The van der Waals surface area contributed by atoms with Crippen LogP contribution in [0.5, 0.6) is 0 Å². The number of Topliss-reactive ketones (excluding diaryl/α,β-unsaturated/α-hetero) is 1. The summed E-state index contributed by atoms with van der Waals surface area (Å²) in [5.41, 5.74) is -0.290. The van der Waals surface area contributed by atoms with Gasteiger partial charge in [0.15, 0.2) is 0 Å². The van der Waals surface area contributed by atoms with Crippen LogP contribution in [0.3, 0.4) is 0 Å². The van der Waals surface area contributed by atoms with Crippen molar-refractivity contribution in [1.82, 2.24) is 0 Å². The van der Waals surface area contributed by atoms with Crippen LogP contribution < -0.4 is 0 Å². The maximum Gasteiger partial charge on any atom is 0.416 e. The zero-order chi connectivity index (χ0) is 12.3. The predicted octanol–water partition coefficient (Wildman–Crippen LogP) is 3.56. The molecule has 0 spiro atoms. The highest BCUT2D eigenvalue weighted by Crippen LogP contribution is 2.32. The molecular formula is C11H11F3OS. The quantitative estimate of drug-likeness (QED) is 0.761. The monoisotopic (exact) mass is 248 g/mol. The van der Waals surface area contributed by atoms with Crippen LogP contribution in [0.25, 0.3) is 0 Å². The molecule has 0 N–H and O–H groups in total. The van der Waals surface area contributed by atoms with Gasteiger partial charge in [-0.15, -0.1) is 11.8 Å². The molecule has 0 bridgehead atoms. The van der Waals surface area contributed by atoms with Crippen LogP contribution in [0.15, 0.2) is 23.1 Å². The van der Waals surface area contributed by atoms with Gasteiger partial charge in [0.25, 0.3) is 0 Å². The Kier molecular flexibility index (Phi) is 4.02. The molecule has 1 aromatic carbocycles. The van der Waals surface area contributed by atoms with E-state index >= 15 is 0 Å². The van der Waals surface area contributed by atoms with Gasteiger partial charge in [0, 0.05) is 11.3 Å². The molecule has 0 amide bonds. The normalized spacial score (nSPS) is 11.6. The van der Waals surface area contributed by atoms with E-state index < -0.39 is 11.7 Å². The molecule has 0 aliphatic heterocycles. The van der Waals surface area contributed by atoms with Crippen molar-refractivity contribution < 1.29 is 18.0 Å². The highest BCUT2D eigenvalue weighted by atomic mass is 32.2. The second kappa shape index (κ2) is 4.91. The zero-order valence-electron chi connectivity index (χ0n) is 8.89. The molecule has 0 heterocycles. The van der Waals surface area contributed by atoms with Gasteiger partial charge in [0.1, 0.15) is 5.78 Å². The molecule has 0 radical (unpaired) electrons. The minimum atomic E-state index is -4.36. The van der Waals surface area contributed by atoms with Crippen LogP contribution in [0, 0.1) is 0 Å². The van der Waals surface area contributed by atoms with Crippen LogP contribution in [-0.4, -0.2) is 12.0 Å². The van der Waals surface area contributed by atoms with Crippen LogP contribution in [0.4, 0.5) is 13.2 Å². The van der Waals surface area contributed by atoms with E-state index in [0.29, 0.717) is 10.5 Å². The van der Waals surface area contributed by atoms with Gasteiger partial charge < -0.3 is 0 Å². The van der Waals surface area contributed by atoms with E-state index in [2.05, 4.69) is 0 Å². The first kappa shape index (κ1) is 13.1. The van der Waals surface area contributed by atoms with Gasteiger partial charge in [0.05, 0.1) is 5.56 Å². The van der Waals surface area contributed by atoms with Crippen LogP contribution in [0.1, 0.15) is 18.1 Å². The Balaban J connectivity index is 3.16. The predicted molar refractivity (Wildman–Crippen MR) is 57.6 cm³/mol. The Hall–Kier alpha value is -0.970. The number of hydrogen-bond acceptors (Lipinski definition) is 2. The summed E-state index contributed by atoms with van der Waals surface area (Å²) in [5, 5.41) is 0. The molecule has 5 heteroatoms. The number of halogens is 3. The van der Waals surface area contributed by atoms with Crippen molar-refractivity contribution in [2.24, 2.45) is 0 Å². The fourth-order valence-corrected chi connectivity index (χ4v) is 1.85. The Bertz CT molecular complexity index is 399. The van der Waals surface area contributed by atoms with E-state index in [1.54, 1.807) is 12.3 Å². The third kappa shape index (κ3) is 3.56. The summed E-state index contributed by atoms with van der Waals surface area (Å²) < 4.78 is 37.6. The van der Waals surface area contributed by atoms with E-state index in [-0.39, 0.29) is 12.2 Å². The maximum absolute atomic E-state index is 12.5. The van der Waals surface area contributed by atoms with E-state index in [0.717, 1.165) is 12.1 Å². The molecule has 0 atom stereocenters. The minimum Gasteiger partial charge on any atom is -0.300 e. The van der Waals surface area contributed by atoms with Gasteiger partial charge in [-0.05, 0) is 36.9 Å². The zero-order valence-corrected chi connectivity index (χ0v) is 9.71. The molecular weight excluding hydrogens is 237 g/mol. The third-order valence-corrected chi connectivity index (χ3v) is 2.69. The van der Waals surface area contributed by atoms with Gasteiger partial charge in [-0.25, -0.2) is 0 Å². The van der Waals surface area contributed by atoms with Gasteiger partial charge in [0.2, 0.25) is 0 Å². The molecule has 88 valence electrons. The van der Waals surface area contributed by atoms with Crippen LogP contribution in [0.2, 0.25) is 0 Å². The van der Waals surface area contributed by atoms with Crippen molar-refractivity contribution in [1.29, 1.82) is 0 Å². The Morgan fingerprint density at radius 3 is 2.38 bits per heavy atom. The van der Waals surface area contributed by atoms with Gasteiger partial charge in [-0.3, -0.25) is 4.79 Å². The van der Waals surface area contributed by atoms with E-state index in [9.17, 15) is 18.0 Å². The van der Waals surface area contributed by atoms with Crippen molar-refractivity contribution in [3.63, 3.8) is 0 Å². The maximum atomic E-state index is 12.5. The minimum absolute atomic E-state index is 0.0392. The lowest BCUT2D eigenvalue weighted by Gasteiger charge is -2.10. The first-order valence-electron chi connectivity index (χ1n) is 4.57. The number of hydrogen-bond donors (Lipinski definition) is 0. The second-order valence-corrected chi connectivity index (χ2v) is 4.33. The Morgan fingerprint density at radius 2 is 1.94 bits per heavy atom. The molecule has 0 aromatic heterocycles. The summed E-state index contributed by atoms with van der Waals surface area (Å²) in [6, 6.07) is 3.73. The summed E-state index contributed by atoms with van der Waals surface area (Å²) in [4.78, 5) is 11.4. The summed E-state index contributed by atoms with van der Waals surface area (Å²) in [6.45, 7) is 1.36. The van der Waals surface area contributed by atoms with Crippen molar-refractivity contribution in [2.75, 3.05) is 6.26 Å². The number of benzene rings is 1. The molecule has 0 saturated heterocycles. The average Bonchev–Trinajstić information content (AvgIpc) is 2.14. The fourth-order valence-electron chi connectivity index (χ4n) is 1.33. The van der Waals surface area contributed by atoms with E-state index in [1.807, 2.05) is 0 Å². The summed E-state index contributed by atoms with van der Waals surface area (Å²) in [7, 11) is 0. The molecule has 1 rings (SSSR count). The molecule has 1 nitrogen and oxygen atoms in total.